The van der Waals surface area contributed by atoms with E-state index in [0.717, 1.165) is 11.3 Å². The second-order valence-electron chi connectivity index (χ2n) is 6.45. The van der Waals surface area contributed by atoms with E-state index in [4.69, 9.17) is 4.74 Å². The normalized spacial score (nSPS) is 11.7. The summed E-state index contributed by atoms with van der Waals surface area (Å²) in [5.74, 6) is 0.514. The number of likely N-dealkylation sites (N-methyl/N-ethyl adjacent to an activating group) is 1. The Morgan fingerprint density at radius 1 is 1.11 bits per heavy atom. The van der Waals surface area contributed by atoms with Crippen molar-refractivity contribution in [3.63, 3.8) is 0 Å². The molecule has 144 valence electrons. The van der Waals surface area contributed by atoms with Gasteiger partial charge >= 0.3 is 0 Å². The highest BCUT2D eigenvalue weighted by Crippen LogP contribution is 2.22. The molecule has 0 saturated carbocycles. The summed E-state index contributed by atoms with van der Waals surface area (Å²) in [5, 5.41) is 5.74. The van der Waals surface area contributed by atoms with Gasteiger partial charge in [-0.25, -0.2) is 0 Å². The van der Waals surface area contributed by atoms with Crippen molar-refractivity contribution in [1.82, 2.24) is 10.2 Å². The second kappa shape index (κ2) is 9.73. The topological polar surface area (TPSA) is 70.7 Å². The summed E-state index contributed by atoms with van der Waals surface area (Å²) >= 11 is 0. The van der Waals surface area contributed by atoms with E-state index in [1.807, 2.05) is 43.3 Å². The van der Waals surface area contributed by atoms with Crippen molar-refractivity contribution in [3.05, 3.63) is 59.7 Å². The molecule has 0 aliphatic rings. The van der Waals surface area contributed by atoms with E-state index in [9.17, 15) is 9.59 Å². The Morgan fingerprint density at radius 2 is 1.85 bits per heavy atom. The Kier molecular flexibility index (Phi) is 7.37. The van der Waals surface area contributed by atoms with E-state index in [2.05, 4.69) is 10.6 Å². The van der Waals surface area contributed by atoms with Crippen molar-refractivity contribution in [1.29, 1.82) is 0 Å². The highest BCUT2D eigenvalue weighted by molar-refractivity contribution is 5.97. The van der Waals surface area contributed by atoms with E-state index in [1.54, 1.807) is 38.3 Å². The Bertz CT molecular complexity index is 790. The minimum absolute atomic E-state index is 0.00651. The average Bonchev–Trinajstić information content (AvgIpc) is 2.68. The van der Waals surface area contributed by atoms with Crippen molar-refractivity contribution in [2.45, 2.75) is 19.4 Å². The summed E-state index contributed by atoms with van der Waals surface area (Å²) in [4.78, 5) is 26.1. The van der Waals surface area contributed by atoms with E-state index in [-0.39, 0.29) is 17.9 Å². The molecule has 2 aromatic carbocycles. The Labute approximate surface area is 160 Å². The largest absolute Gasteiger partial charge is 0.497 e. The van der Waals surface area contributed by atoms with Crippen molar-refractivity contribution in [2.75, 3.05) is 33.1 Å². The van der Waals surface area contributed by atoms with Crippen LogP contribution >= 0.6 is 0 Å². The predicted octanol–water partition coefficient (Wildman–Crippen LogP) is 3.08. The molecular weight excluding hydrogens is 342 g/mol. The molecule has 1 unspecified atom stereocenters. The fourth-order valence-electron chi connectivity index (χ4n) is 2.73. The fraction of sp³-hybridized carbons (Fsp3) is 0.333. The number of rotatable bonds is 8. The van der Waals surface area contributed by atoms with Gasteiger partial charge in [-0.05, 0) is 50.0 Å². The molecule has 6 heteroatoms. The molecule has 0 bridgehead atoms. The van der Waals surface area contributed by atoms with E-state index in [1.165, 1.54) is 0 Å². The second-order valence-corrected chi connectivity index (χ2v) is 6.45. The third kappa shape index (κ3) is 5.82. The van der Waals surface area contributed by atoms with Crippen molar-refractivity contribution in [3.8, 4) is 5.75 Å². The zero-order valence-corrected chi connectivity index (χ0v) is 16.3. The maximum atomic E-state index is 12.6. The quantitative estimate of drug-likeness (QED) is 0.750. The molecule has 0 spiro atoms. The minimum Gasteiger partial charge on any atom is -0.497 e. The van der Waals surface area contributed by atoms with Gasteiger partial charge in [-0.3, -0.25) is 9.59 Å². The van der Waals surface area contributed by atoms with Gasteiger partial charge < -0.3 is 20.3 Å². The van der Waals surface area contributed by atoms with Crippen LogP contribution in [-0.4, -0.2) is 44.5 Å². The Hall–Kier alpha value is -2.86. The molecule has 2 amide bonds. The summed E-state index contributed by atoms with van der Waals surface area (Å²) in [7, 11) is 5.57. The summed E-state index contributed by atoms with van der Waals surface area (Å²) in [5.41, 5.74) is 2.18. The maximum absolute atomic E-state index is 12.6. The fourth-order valence-corrected chi connectivity index (χ4v) is 2.73. The van der Waals surface area contributed by atoms with Crippen LogP contribution in [0.2, 0.25) is 0 Å². The molecule has 2 rings (SSSR count). The third-order valence-electron chi connectivity index (χ3n) is 4.29. The summed E-state index contributed by atoms with van der Waals surface area (Å²) in [6.07, 6.45) is 0.390. The van der Waals surface area contributed by atoms with Crippen LogP contribution in [0.5, 0.6) is 5.75 Å². The van der Waals surface area contributed by atoms with Crippen LogP contribution < -0.4 is 15.4 Å². The highest BCUT2D eigenvalue weighted by Gasteiger charge is 2.17. The van der Waals surface area contributed by atoms with Crippen molar-refractivity contribution >= 4 is 17.5 Å². The Morgan fingerprint density at radius 3 is 2.52 bits per heavy atom. The van der Waals surface area contributed by atoms with Gasteiger partial charge in [0, 0.05) is 24.2 Å². The highest BCUT2D eigenvalue weighted by atomic mass is 16.5. The molecule has 0 fully saturated rings. The molecule has 2 aromatic rings. The van der Waals surface area contributed by atoms with E-state index < -0.39 is 0 Å². The monoisotopic (exact) mass is 369 g/mol. The Balaban J connectivity index is 2.07. The molecule has 0 heterocycles. The van der Waals surface area contributed by atoms with E-state index in [0.29, 0.717) is 24.2 Å². The molecule has 0 aromatic heterocycles. The molecule has 0 aliphatic heterocycles. The van der Waals surface area contributed by atoms with Crippen LogP contribution in [0.1, 0.15) is 35.3 Å². The number of carbonyl (C=O) groups is 2. The minimum atomic E-state index is -0.183. The van der Waals surface area contributed by atoms with Crippen LogP contribution in [0.25, 0.3) is 0 Å². The molecule has 1 atom stereocenters. The molecule has 0 aliphatic carbocycles. The number of amides is 2. The number of anilines is 1. The number of hydrogen-bond acceptors (Lipinski definition) is 4. The van der Waals surface area contributed by atoms with Crippen LogP contribution in [0, 0.1) is 0 Å². The van der Waals surface area contributed by atoms with Crippen LogP contribution in [-0.2, 0) is 4.79 Å². The standard InChI is InChI=1S/C21H27N3O3/c1-5-20(25)23-17-10-6-9-16(12-17)21(26)22-14-19(24(2)3)15-8-7-11-18(13-15)27-4/h6-13,19H,5,14H2,1-4H3,(H,22,26)(H,23,25). The molecule has 6 nitrogen and oxygen atoms in total. The van der Waals surface area contributed by atoms with Crippen LogP contribution in [0.15, 0.2) is 48.5 Å². The van der Waals surface area contributed by atoms with Gasteiger partial charge in [0.25, 0.3) is 5.91 Å². The first-order valence-corrected chi connectivity index (χ1v) is 8.93. The van der Waals surface area contributed by atoms with Crippen LogP contribution in [0.3, 0.4) is 0 Å². The number of nitrogens with one attached hydrogen (secondary N) is 2. The lowest BCUT2D eigenvalue weighted by Crippen LogP contribution is -2.34. The summed E-state index contributed by atoms with van der Waals surface area (Å²) in [6.45, 7) is 2.23. The van der Waals surface area contributed by atoms with Gasteiger partial charge in [-0.2, -0.15) is 0 Å². The molecular formula is C21H27N3O3. The lowest BCUT2D eigenvalue weighted by Gasteiger charge is -2.25. The number of benzene rings is 2. The number of hydrogen-bond donors (Lipinski definition) is 2. The lowest BCUT2D eigenvalue weighted by molar-refractivity contribution is -0.115. The summed E-state index contributed by atoms with van der Waals surface area (Å²) < 4.78 is 5.29. The maximum Gasteiger partial charge on any atom is 0.251 e. The van der Waals surface area contributed by atoms with Gasteiger partial charge in [0.2, 0.25) is 5.91 Å². The SMILES string of the molecule is CCC(=O)Nc1cccc(C(=O)NCC(c2cccc(OC)c2)N(C)C)c1. The first kappa shape index (κ1) is 20.5. The lowest BCUT2D eigenvalue weighted by atomic mass is 10.1. The summed E-state index contributed by atoms with van der Waals surface area (Å²) in [6, 6.07) is 14.8. The first-order chi connectivity index (χ1) is 12.9. The number of nitrogens with zero attached hydrogens (tertiary/aromatic N) is 1. The third-order valence-corrected chi connectivity index (χ3v) is 4.29. The zero-order valence-electron chi connectivity index (χ0n) is 16.3. The van der Waals surface area contributed by atoms with Gasteiger partial charge in [0.1, 0.15) is 5.75 Å². The molecule has 0 saturated heterocycles. The molecule has 27 heavy (non-hydrogen) atoms. The predicted molar refractivity (Wildman–Crippen MR) is 107 cm³/mol. The number of carbonyl (C=O) groups excluding carboxylic acids is 2. The van der Waals surface area contributed by atoms with Gasteiger partial charge in [-0.1, -0.05) is 25.1 Å². The molecule has 0 radical (unpaired) electrons. The van der Waals surface area contributed by atoms with Gasteiger partial charge in [-0.15, -0.1) is 0 Å². The number of methoxy groups -OCH3 is 1. The first-order valence-electron chi connectivity index (χ1n) is 8.93. The number of ether oxygens (including phenoxy) is 1. The zero-order chi connectivity index (χ0) is 19.8. The van der Waals surface area contributed by atoms with Gasteiger partial charge in [0.15, 0.2) is 0 Å². The van der Waals surface area contributed by atoms with Crippen molar-refractivity contribution < 1.29 is 14.3 Å². The average molecular weight is 369 g/mol. The van der Waals surface area contributed by atoms with Gasteiger partial charge in [0.05, 0.1) is 13.2 Å². The smallest absolute Gasteiger partial charge is 0.251 e. The van der Waals surface area contributed by atoms with Crippen LogP contribution in [0.4, 0.5) is 5.69 Å². The molecule has 2 N–H and O–H groups in total. The van der Waals surface area contributed by atoms with Crippen molar-refractivity contribution in [2.24, 2.45) is 0 Å². The van der Waals surface area contributed by atoms with E-state index >= 15 is 0 Å².